The number of halogens is 1. The van der Waals surface area contributed by atoms with E-state index in [4.69, 9.17) is 15.5 Å². The molecule has 0 saturated carbocycles. The van der Waals surface area contributed by atoms with E-state index in [-0.39, 0.29) is 11.7 Å². The lowest BCUT2D eigenvalue weighted by molar-refractivity contribution is 0.00810. The van der Waals surface area contributed by atoms with E-state index in [1.807, 2.05) is 20.8 Å². The Bertz CT molecular complexity index is 750. The third-order valence-electron chi connectivity index (χ3n) is 4.84. The first-order valence-electron chi connectivity index (χ1n) is 8.54. The van der Waals surface area contributed by atoms with Gasteiger partial charge in [-0.2, -0.15) is 0 Å². The summed E-state index contributed by atoms with van der Waals surface area (Å²) in [5, 5.41) is 10.1. The smallest absolute Gasteiger partial charge is 0.413 e. The maximum Gasteiger partial charge on any atom is 0.413 e. The number of nitrogens with zero attached hydrogens (tertiary/aromatic N) is 2. The summed E-state index contributed by atoms with van der Waals surface area (Å²) in [6.45, 7) is 6.34. The Morgan fingerprint density at radius 2 is 2.23 bits per heavy atom. The number of ether oxygens (including phenoxy) is 1. The Labute approximate surface area is 156 Å². The monoisotopic (exact) mass is 381 g/mol. The van der Waals surface area contributed by atoms with Crippen LogP contribution in [-0.4, -0.2) is 45.8 Å². The lowest BCUT2D eigenvalue weighted by atomic mass is 9.75. The van der Waals surface area contributed by atoms with Crippen molar-refractivity contribution in [2.75, 3.05) is 24.7 Å². The molecule has 0 aliphatic carbocycles. The number of rotatable bonds is 1. The van der Waals surface area contributed by atoms with Crippen LogP contribution in [0.15, 0.2) is 23.2 Å². The van der Waals surface area contributed by atoms with Crippen molar-refractivity contribution < 1.29 is 19.0 Å². The predicted octanol–water partition coefficient (Wildman–Crippen LogP) is 3.52. The quantitative estimate of drug-likeness (QED) is 0.727. The first-order valence-corrected chi connectivity index (χ1v) is 9.53. The number of anilines is 1. The van der Waals surface area contributed by atoms with Crippen molar-refractivity contribution in [2.45, 2.75) is 38.3 Å². The van der Waals surface area contributed by atoms with Crippen molar-refractivity contribution >= 4 is 28.7 Å². The molecule has 1 aromatic carbocycles. The maximum atomic E-state index is 14.7. The van der Waals surface area contributed by atoms with Gasteiger partial charge in [0.15, 0.2) is 5.17 Å². The van der Waals surface area contributed by atoms with Gasteiger partial charge in [0.05, 0.1) is 12.1 Å². The molecule has 2 atom stereocenters. The summed E-state index contributed by atoms with van der Waals surface area (Å²) in [7, 11) is 0. The number of amides is 1. The van der Waals surface area contributed by atoms with E-state index in [2.05, 4.69) is 0 Å². The summed E-state index contributed by atoms with van der Waals surface area (Å²) in [6.07, 6.45) is -0.586. The second-order valence-electron chi connectivity index (χ2n) is 7.68. The number of benzene rings is 1. The number of fused-ring (bicyclic) bond motifs is 1. The van der Waals surface area contributed by atoms with Gasteiger partial charge in [0.25, 0.3) is 0 Å². The van der Waals surface area contributed by atoms with Gasteiger partial charge in [0.1, 0.15) is 5.82 Å². The highest BCUT2D eigenvalue weighted by atomic mass is 32.2. The molecular weight excluding hydrogens is 357 g/mol. The molecule has 1 fully saturated rings. The zero-order valence-corrected chi connectivity index (χ0v) is 16.0. The molecule has 2 unspecified atom stereocenters. The van der Waals surface area contributed by atoms with Gasteiger partial charge in [-0.1, -0.05) is 11.8 Å². The number of amidine groups is 1. The van der Waals surface area contributed by atoms with Gasteiger partial charge in [-0.05, 0) is 39.0 Å². The Balaban J connectivity index is 2.17. The molecule has 3 N–H and O–H groups in total. The zero-order valence-electron chi connectivity index (χ0n) is 15.2. The summed E-state index contributed by atoms with van der Waals surface area (Å²) < 4.78 is 20.3. The fraction of sp³-hybridized carbons (Fsp3) is 0.556. The third-order valence-corrected chi connectivity index (χ3v) is 5.94. The molecule has 1 aromatic rings. The molecule has 0 radical (unpaired) electrons. The van der Waals surface area contributed by atoms with Gasteiger partial charge in [-0.15, -0.1) is 0 Å². The highest BCUT2D eigenvalue weighted by molar-refractivity contribution is 8.13. The SMILES string of the molecule is CC(C)(C)N(C(=O)O)C1=NC2(c3cc(N)ccc3F)CCOCC2CS1. The van der Waals surface area contributed by atoms with Gasteiger partial charge in [0, 0.05) is 41.5 Å². The van der Waals surface area contributed by atoms with Crippen LogP contribution in [0.4, 0.5) is 14.9 Å². The van der Waals surface area contributed by atoms with E-state index in [0.717, 1.165) is 0 Å². The van der Waals surface area contributed by atoms with E-state index in [1.54, 1.807) is 6.07 Å². The molecule has 142 valence electrons. The molecule has 0 aromatic heterocycles. The molecule has 3 rings (SSSR count). The Morgan fingerprint density at radius 3 is 2.88 bits per heavy atom. The number of carboxylic acid groups (broad SMARTS) is 1. The van der Waals surface area contributed by atoms with Crippen LogP contribution < -0.4 is 5.73 Å². The average Bonchev–Trinajstić information content (AvgIpc) is 2.55. The highest BCUT2D eigenvalue weighted by Crippen LogP contribution is 2.47. The topological polar surface area (TPSA) is 88.2 Å². The predicted molar refractivity (Wildman–Crippen MR) is 101 cm³/mol. The van der Waals surface area contributed by atoms with E-state index < -0.39 is 17.2 Å². The van der Waals surface area contributed by atoms with Gasteiger partial charge < -0.3 is 15.6 Å². The number of hydrogen-bond acceptors (Lipinski definition) is 5. The van der Waals surface area contributed by atoms with Crippen LogP contribution in [0.2, 0.25) is 0 Å². The summed E-state index contributed by atoms with van der Waals surface area (Å²) in [5.74, 6) is 0.183. The van der Waals surface area contributed by atoms with Crippen molar-refractivity contribution in [1.29, 1.82) is 0 Å². The van der Waals surface area contributed by atoms with Gasteiger partial charge in [-0.25, -0.2) is 14.2 Å². The first-order chi connectivity index (χ1) is 12.1. The fourth-order valence-electron chi connectivity index (χ4n) is 3.57. The van der Waals surface area contributed by atoms with Crippen LogP contribution in [-0.2, 0) is 10.3 Å². The number of nitrogen functional groups attached to an aromatic ring is 1. The minimum atomic E-state index is -1.07. The van der Waals surface area contributed by atoms with Crippen molar-refractivity contribution in [3.05, 3.63) is 29.6 Å². The van der Waals surface area contributed by atoms with Crippen LogP contribution in [0, 0.1) is 11.7 Å². The van der Waals surface area contributed by atoms with Crippen molar-refractivity contribution in [2.24, 2.45) is 10.9 Å². The number of hydrogen-bond donors (Lipinski definition) is 2. The van der Waals surface area contributed by atoms with Gasteiger partial charge >= 0.3 is 6.09 Å². The number of carbonyl (C=O) groups is 1. The summed E-state index contributed by atoms with van der Waals surface area (Å²) in [6, 6.07) is 4.49. The van der Waals surface area contributed by atoms with E-state index in [0.29, 0.717) is 41.8 Å². The molecule has 1 amide bonds. The van der Waals surface area contributed by atoms with Crippen LogP contribution in [0.3, 0.4) is 0 Å². The second-order valence-corrected chi connectivity index (χ2v) is 8.67. The molecule has 8 heteroatoms. The molecular formula is C18H24FN3O3S. The first kappa shape index (κ1) is 19.0. The van der Waals surface area contributed by atoms with Gasteiger partial charge in [0.2, 0.25) is 0 Å². The largest absolute Gasteiger partial charge is 0.465 e. The molecule has 0 bridgehead atoms. The Hall–Kier alpha value is -1.80. The normalized spacial score (nSPS) is 26.0. The van der Waals surface area contributed by atoms with E-state index >= 15 is 0 Å². The minimum absolute atomic E-state index is 0.0445. The van der Waals surface area contributed by atoms with Crippen LogP contribution in [0.1, 0.15) is 32.8 Å². The Kier molecular flexibility index (Phi) is 4.92. The maximum absolute atomic E-state index is 14.7. The number of thioether (sulfide) groups is 1. The number of aliphatic imine (C=N–C) groups is 1. The third kappa shape index (κ3) is 3.27. The van der Waals surface area contributed by atoms with Crippen molar-refractivity contribution in [3.63, 3.8) is 0 Å². The van der Waals surface area contributed by atoms with E-state index in [1.165, 1.54) is 28.8 Å². The molecule has 0 spiro atoms. The molecule has 6 nitrogen and oxygen atoms in total. The lowest BCUT2D eigenvalue weighted by Crippen LogP contribution is -2.53. The summed E-state index contributed by atoms with van der Waals surface area (Å²) >= 11 is 1.38. The highest BCUT2D eigenvalue weighted by Gasteiger charge is 2.49. The minimum Gasteiger partial charge on any atom is -0.465 e. The zero-order chi connectivity index (χ0) is 19.1. The van der Waals surface area contributed by atoms with E-state index in [9.17, 15) is 14.3 Å². The standard InChI is InChI=1S/C18H24FN3O3S/c1-17(2,3)22(16(23)24)15-21-18(6-7-25-9-11(18)10-26-15)13-8-12(20)4-5-14(13)19/h4-5,8,11H,6-7,9-10,20H2,1-3H3,(H,23,24). The summed E-state index contributed by atoms with van der Waals surface area (Å²) in [4.78, 5) is 18.0. The second kappa shape index (κ2) is 6.74. The Morgan fingerprint density at radius 1 is 1.50 bits per heavy atom. The molecule has 2 aliphatic rings. The van der Waals surface area contributed by atoms with Crippen LogP contribution in [0.25, 0.3) is 0 Å². The molecule has 1 saturated heterocycles. The lowest BCUT2D eigenvalue weighted by Gasteiger charge is -2.46. The summed E-state index contributed by atoms with van der Waals surface area (Å²) in [5.41, 5.74) is 5.26. The van der Waals surface area contributed by atoms with Crippen molar-refractivity contribution in [1.82, 2.24) is 4.90 Å². The van der Waals surface area contributed by atoms with Crippen LogP contribution in [0.5, 0.6) is 0 Å². The van der Waals surface area contributed by atoms with Crippen LogP contribution >= 0.6 is 11.8 Å². The van der Waals surface area contributed by atoms with Gasteiger partial charge in [-0.3, -0.25) is 4.90 Å². The molecule has 2 heterocycles. The average molecular weight is 381 g/mol. The fourth-order valence-corrected chi connectivity index (χ4v) is 5.00. The number of nitrogens with two attached hydrogens (primary N) is 1. The van der Waals surface area contributed by atoms with Crippen molar-refractivity contribution in [3.8, 4) is 0 Å². The molecule has 2 aliphatic heterocycles. The molecule has 26 heavy (non-hydrogen) atoms.